The topological polar surface area (TPSA) is 68.9 Å². The Hall–Kier alpha value is -1.45. The van der Waals surface area contributed by atoms with E-state index in [1.165, 1.54) is 0 Å². The maximum absolute atomic E-state index is 10.8. The Bertz CT molecular complexity index is 350. The minimum absolute atomic E-state index is 0.0400. The van der Waals surface area contributed by atoms with Crippen LogP contribution in [0.3, 0.4) is 0 Å². The van der Waals surface area contributed by atoms with Gasteiger partial charge in [-0.05, 0) is 19.4 Å². The number of nitrogens with two attached hydrogens (primary N) is 1. The van der Waals surface area contributed by atoms with Gasteiger partial charge in [-0.1, -0.05) is 0 Å². The second kappa shape index (κ2) is 2.80. The van der Waals surface area contributed by atoms with Gasteiger partial charge in [-0.2, -0.15) is 0 Å². The molecule has 2 atom stereocenters. The highest BCUT2D eigenvalue weighted by atomic mass is 16.1. The van der Waals surface area contributed by atoms with Crippen molar-refractivity contribution < 1.29 is 4.79 Å². The van der Waals surface area contributed by atoms with E-state index in [9.17, 15) is 4.79 Å². The molecule has 0 saturated heterocycles. The third-order valence-corrected chi connectivity index (χ3v) is 2.30. The van der Waals surface area contributed by atoms with Gasteiger partial charge in [0.05, 0.1) is 0 Å². The number of carbonyl (C=O) groups excluding carboxylic acids is 1. The van der Waals surface area contributed by atoms with Crippen molar-refractivity contribution in [3.63, 3.8) is 0 Å². The summed E-state index contributed by atoms with van der Waals surface area (Å²) in [5.41, 5.74) is 6.10. The number of primary amides is 1. The smallest absolute Gasteiger partial charge is 0.221 e. The molecule has 1 amide bonds. The van der Waals surface area contributed by atoms with Crippen molar-refractivity contribution in [2.45, 2.75) is 19.3 Å². The van der Waals surface area contributed by atoms with E-state index in [1.807, 2.05) is 13.0 Å². The Morgan fingerprint density at radius 3 is 3.00 bits per heavy atom. The van der Waals surface area contributed by atoms with Crippen LogP contribution in [0.2, 0.25) is 0 Å². The molecule has 1 aromatic rings. The fourth-order valence-corrected chi connectivity index (χ4v) is 1.44. The van der Waals surface area contributed by atoms with E-state index in [1.54, 1.807) is 6.20 Å². The van der Waals surface area contributed by atoms with Gasteiger partial charge in [0.1, 0.15) is 5.82 Å². The lowest BCUT2D eigenvalue weighted by Crippen LogP contribution is -2.14. The van der Waals surface area contributed by atoms with E-state index in [0.717, 1.165) is 17.9 Å². The number of nitrogens with zero attached hydrogens (tertiary/aromatic N) is 2. The van der Waals surface area contributed by atoms with Crippen molar-refractivity contribution in [2.24, 2.45) is 11.7 Å². The van der Waals surface area contributed by atoms with Crippen LogP contribution >= 0.6 is 0 Å². The van der Waals surface area contributed by atoms with Gasteiger partial charge < -0.3 is 5.73 Å². The Morgan fingerprint density at radius 1 is 1.69 bits per heavy atom. The second-order valence-corrected chi connectivity index (χ2v) is 3.41. The average Bonchev–Trinajstić information content (AvgIpc) is 2.82. The molecule has 0 aliphatic heterocycles. The molecular formula is C9H11N3O. The van der Waals surface area contributed by atoms with Crippen LogP contribution in [-0.2, 0) is 4.79 Å². The number of hydrogen-bond acceptors (Lipinski definition) is 3. The molecule has 1 fully saturated rings. The molecule has 1 aliphatic rings. The fraction of sp³-hybridized carbons (Fsp3) is 0.444. The van der Waals surface area contributed by atoms with Gasteiger partial charge in [-0.3, -0.25) is 4.79 Å². The molecule has 1 heterocycles. The molecule has 2 rings (SSSR count). The van der Waals surface area contributed by atoms with Crippen molar-refractivity contribution in [2.75, 3.05) is 0 Å². The second-order valence-electron chi connectivity index (χ2n) is 3.41. The lowest BCUT2D eigenvalue weighted by molar-refractivity contribution is -0.119. The summed E-state index contributed by atoms with van der Waals surface area (Å²) in [5.74, 6) is 0.637. The zero-order valence-electron chi connectivity index (χ0n) is 7.40. The van der Waals surface area contributed by atoms with Crippen LogP contribution in [0, 0.1) is 12.8 Å². The van der Waals surface area contributed by atoms with E-state index in [0.29, 0.717) is 0 Å². The summed E-state index contributed by atoms with van der Waals surface area (Å²) in [6.45, 7) is 1.91. The van der Waals surface area contributed by atoms with Crippen molar-refractivity contribution in [3.8, 4) is 0 Å². The highest BCUT2D eigenvalue weighted by Crippen LogP contribution is 2.45. The van der Waals surface area contributed by atoms with Gasteiger partial charge in [0.15, 0.2) is 0 Å². The van der Waals surface area contributed by atoms with Crippen molar-refractivity contribution in [1.82, 2.24) is 9.97 Å². The van der Waals surface area contributed by atoms with Gasteiger partial charge in [-0.25, -0.2) is 9.97 Å². The average molecular weight is 177 g/mol. The van der Waals surface area contributed by atoms with Crippen LogP contribution in [0.15, 0.2) is 12.3 Å². The van der Waals surface area contributed by atoms with E-state index in [2.05, 4.69) is 9.97 Å². The van der Waals surface area contributed by atoms with Crippen LogP contribution in [0.5, 0.6) is 0 Å². The normalized spacial score (nSPS) is 25.6. The van der Waals surface area contributed by atoms with Gasteiger partial charge in [0, 0.05) is 23.7 Å². The number of aryl methyl sites for hydroxylation is 1. The minimum Gasteiger partial charge on any atom is -0.369 e. The lowest BCUT2D eigenvalue weighted by atomic mass is 10.3. The maximum Gasteiger partial charge on any atom is 0.221 e. The monoisotopic (exact) mass is 177 g/mol. The SMILES string of the molecule is Cc1ccnc([C@H]2C[C@@H]2C(N)=O)n1. The largest absolute Gasteiger partial charge is 0.369 e. The van der Waals surface area contributed by atoms with Crippen molar-refractivity contribution in [3.05, 3.63) is 23.8 Å². The lowest BCUT2D eigenvalue weighted by Gasteiger charge is -1.97. The molecule has 13 heavy (non-hydrogen) atoms. The van der Waals surface area contributed by atoms with Crippen LogP contribution in [0.1, 0.15) is 23.9 Å². The third-order valence-electron chi connectivity index (χ3n) is 2.30. The zero-order valence-corrected chi connectivity index (χ0v) is 7.40. The summed E-state index contributed by atoms with van der Waals surface area (Å²) < 4.78 is 0. The molecule has 68 valence electrons. The molecule has 0 unspecified atom stereocenters. The number of aromatic nitrogens is 2. The summed E-state index contributed by atoms with van der Waals surface area (Å²) in [4.78, 5) is 19.2. The molecule has 0 radical (unpaired) electrons. The summed E-state index contributed by atoms with van der Waals surface area (Å²) in [6, 6.07) is 1.84. The third kappa shape index (κ3) is 1.52. The van der Waals surface area contributed by atoms with Crippen molar-refractivity contribution >= 4 is 5.91 Å². The Kier molecular flexibility index (Phi) is 1.76. The van der Waals surface area contributed by atoms with Crippen LogP contribution in [-0.4, -0.2) is 15.9 Å². The highest BCUT2D eigenvalue weighted by molar-refractivity contribution is 5.80. The number of amides is 1. The van der Waals surface area contributed by atoms with Gasteiger partial charge >= 0.3 is 0 Å². The van der Waals surface area contributed by atoms with Crippen LogP contribution in [0.25, 0.3) is 0 Å². The predicted octanol–water partition coefficient (Wildman–Crippen LogP) is 0.374. The van der Waals surface area contributed by atoms with E-state index in [4.69, 9.17) is 5.73 Å². The first-order valence-electron chi connectivity index (χ1n) is 4.27. The molecule has 1 aliphatic carbocycles. The van der Waals surface area contributed by atoms with Gasteiger partial charge in [0.25, 0.3) is 0 Å². The van der Waals surface area contributed by atoms with E-state index >= 15 is 0 Å². The van der Waals surface area contributed by atoms with Crippen LogP contribution in [0.4, 0.5) is 0 Å². The Labute approximate surface area is 76.2 Å². The van der Waals surface area contributed by atoms with Crippen LogP contribution < -0.4 is 5.73 Å². The highest BCUT2D eigenvalue weighted by Gasteiger charge is 2.44. The summed E-state index contributed by atoms with van der Waals surface area (Å²) in [7, 11) is 0. The molecule has 2 N–H and O–H groups in total. The molecular weight excluding hydrogens is 166 g/mol. The van der Waals surface area contributed by atoms with Gasteiger partial charge in [-0.15, -0.1) is 0 Å². The summed E-state index contributed by atoms with van der Waals surface area (Å²) in [6.07, 6.45) is 2.52. The quantitative estimate of drug-likeness (QED) is 0.709. The molecule has 4 nitrogen and oxygen atoms in total. The molecule has 0 aromatic carbocycles. The van der Waals surface area contributed by atoms with Crippen molar-refractivity contribution in [1.29, 1.82) is 0 Å². The summed E-state index contributed by atoms with van der Waals surface area (Å²) >= 11 is 0. The molecule has 0 spiro atoms. The maximum atomic E-state index is 10.8. The first-order valence-corrected chi connectivity index (χ1v) is 4.27. The summed E-state index contributed by atoms with van der Waals surface area (Å²) in [5, 5.41) is 0. The fourth-order valence-electron chi connectivity index (χ4n) is 1.44. The molecule has 0 bridgehead atoms. The number of carbonyl (C=O) groups is 1. The minimum atomic E-state index is -0.241. The Morgan fingerprint density at radius 2 is 2.46 bits per heavy atom. The Balaban J connectivity index is 2.16. The zero-order chi connectivity index (χ0) is 9.42. The molecule has 1 aromatic heterocycles. The van der Waals surface area contributed by atoms with Gasteiger partial charge in [0.2, 0.25) is 5.91 Å². The first-order chi connectivity index (χ1) is 6.18. The first kappa shape index (κ1) is 8.16. The van der Waals surface area contributed by atoms with E-state index < -0.39 is 0 Å². The number of rotatable bonds is 2. The standard InChI is InChI=1S/C9H11N3O/c1-5-2-3-11-9(12-5)7-4-6(7)8(10)13/h2-3,6-7H,4H2,1H3,(H2,10,13)/t6-,7-/m0/s1. The van der Waals surface area contributed by atoms with E-state index in [-0.39, 0.29) is 17.7 Å². The molecule has 1 saturated carbocycles. The number of hydrogen-bond donors (Lipinski definition) is 1. The predicted molar refractivity (Wildman–Crippen MR) is 46.8 cm³/mol. The molecule has 4 heteroatoms.